The van der Waals surface area contributed by atoms with Crippen LogP contribution >= 0.6 is 0 Å². The molecule has 20 heavy (non-hydrogen) atoms. The second-order valence-electron chi connectivity index (χ2n) is 4.04. The van der Waals surface area contributed by atoms with Crippen molar-refractivity contribution in [2.24, 2.45) is 0 Å². The second-order valence-corrected chi connectivity index (χ2v) is 4.04. The van der Waals surface area contributed by atoms with Crippen molar-refractivity contribution in [1.29, 1.82) is 0 Å². The quantitative estimate of drug-likeness (QED) is 0.859. The smallest absolute Gasteiger partial charge is 0.384 e. The van der Waals surface area contributed by atoms with E-state index in [1.54, 1.807) is 0 Å². The average molecular weight is 289 g/mol. The molecule has 0 fully saturated rings. The lowest BCUT2D eigenvalue weighted by Crippen LogP contribution is -2.11. The van der Waals surface area contributed by atoms with Crippen molar-refractivity contribution in [2.45, 2.75) is 12.3 Å². The van der Waals surface area contributed by atoms with Crippen molar-refractivity contribution >= 4 is 0 Å². The van der Waals surface area contributed by atoms with E-state index in [1.165, 1.54) is 6.20 Å². The van der Waals surface area contributed by atoms with Crippen molar-refractivity contribution in [1.82, 2.24) is 4.98 Å². The van der Waals surface area contributed by atoms with Crippen LogP contribution < -0.4 is 0 Å². The van der Waals surface area contributed by atoms with E-state index < -0.39 is 29.5 Å². The molecule has 7 heteroatoms. The normalized spacial score (nSPS) is 13.3. The van der Waals surface area contributed by atoms with Gasteiger partial charge in [-0.2, -0.15) is 13.2 Å². The van der Waals surface area contributed by atoms with Crippen molar-refractivity contribution < 1.29 is 27.1 Å². The Bertz CT molecular complexity index is 626. The summed E-state index contributed by atoms with van der Waals surface area (Å²) in [5.41, 5.74) is -2.01. The number of halogens is 5. The molecule has 106 valence electrons. The molecule has 0 radical (unpaired) electrons. The molecule has 0 aliphatic rings. The highest BCUT2D eigenvalue weighted by Crippen LogP contribution is 2.34. The zero-order valence-electron chi connectivity index (χ0n) is 9.83. The monoisotopic (exact) mass is 289 g/mol. The molecule has 1 atom stereocenters. The molecular formula is C13H8F5NO. The fraction of sp³-hybridized carbons (Fsp3) is 0.154. The summed E-state index contributed by atoms with van der Waals surface area (Å²) in [7, 11) is 0. The minimum atomic E-state index is -4.89. The third kappa shape index (κ3) is 2.77. The number of benzene rings is 1. The summed E-state index contributed by atoms with van der Waals surface area (Å²) in [6.45, 7) is 0. The highest BCUT2D eigenvalue weighted by atomic mass is 19.4. The Labute approximate surface area is 110 Å². The van der Waals surface area contributed by atoms with Crippen LogP contribution in [0.25, 0.3) is 0 Å². The van der Waals surface area contributed by atoms with Gasteiger partial charge in [0.05, 0.1) is 11.8 Å². The summed E-state index contributed by atoms with van der Waals surface area (Å²) in [6, 6.07) is 3.14. The summed E-state index contributed by atoms with van der Waals surface area (Å²) in [6.07, 6.45) is -4.51. The highest BCUT2D eigenvalue weighted by Gasteiger charge is 2.34. The van der Waals surface area contributed by atoms with Crippen LogP contribution in [0.15, 0.2) is 36.7 Å². The molecule has 0 saturated heterocycles. The molecule has 0 spiro atoms. The average Bonchev–Trinajstić information content (AvgIpc) is 2.37. The number of aliphatic hydroxyl groups is 1. The number of hydrogen-bond donors (Lipinski definition) is 1. The van der Waals surface area contributed by atoms with Gasteiger partial charge >= 0.3 is 6.18 Å². The number of aromatic nitrogens is 1. The Kier molecular flexibility index (Phi) is 3.71. The van der Waals surface area contributed by atoms with E-state index in [1.807, 2.05) is 0 Å². The standard InChI is InChI=1S/C13H8F5NO/c14-10-2-1-7(5-9(10)13(16,17)18)12(20)8-3-4-19-6-11(8)15/h1-6,12,20H. The number of aliphatic hydroxyl groups excluding tert-OH is 1. The van der Waals surface area contributed by atoms with Gasteiger partial charge in [0.2, 0.25) is 0 Å². The Balaban J connectivity index is 2.46. The lowest BCUT2D eigenvalue weighted by Gasteiger charge is -2.15. The van der Waals surface area contributed by atoms with E-state index in [2.05, 4.69) is 4.98 Å². The van der Waals surface area contributed by atoms with Crippen molar-refractivity contribution in [2.75, 3.05) is 0 Å². The van der Waals surface area contributed by atoms with E-state index >= 15 is 0 Å². The van der Waals surface area contributed by atoms with Gasteiger partial charge in [-0.1, -0.05) is 6.07 Å². The summed E-state index contributed by atoms with van der Waals surface area (Å²) in [5, 5.41) is 9.90. The van der Waals surface area contributed by atoms with Crippen molar-refractivity contribution in [3.8, 4) is 0 Å². The summed E-state index contributed by atoms with van der Waals surface area (Å²) < 4.78 is 64.3. The first-order valence-electron chi connectivity index (χ1n) is 5.45. The number of nitrogens with zero attached hydrogens (tertiary/aromatic N) is 1. The topological polar surface area (TPSA) is 33.1 Å². The lowest BCUT2D eigenvalue weighted by atomic mass is 10.00. The molecule has 2 nitrogen and oxygen atoms in total. The van der Waals surface area contributed by atoms with Crippen LogP contribution in [0.5, 0.6) is 0 Å². The molecule has 1 N–H and O–H groups in total. The first-order chi connectivity index (χ1) is 9.30. The number of rotatable bonds is 2. The van der Waals surface area contributed by atoms with Crippen LogP contribution in [0, 0.1) is 11.6 Å². The minimum Gasteiger partial charge on any atom is -0.384 e. The molecule has 1 heterocycles. The fourth-order valence-corrected chi connectivity index (χ4v) is 1.72. The van der Waals surface area contributed by atoms with Crippen molar-refractivity contribution in [3.05, 3.63) is 65.0 Å². The summed E-state index contributed by atoms with van der Waals surface area (Å²) >= 11 is 0. The molecule has 0 saturated carbocycles. The van der Waals surface area contributed by atoms with Gasteiger partial charge in [0, 0.05) is 11.8 Å². The van der Waals surface area contributed by atoms with E-state index in [9.17, 15) is 27.1 Å². The van der Waals surface area contributed by atoms with Crippen LogP contribution in [0.1, 0.15) is 22.8 Å². The maximum atomic E-state index is 13.4. The summed E-state index contributed by atoms with van der Waals surface area (Å²) in [4.78, 5) is 3.47. The predicted octanol–water partition coefficient (Wildman–Crippen LogP) is 3.46. The molecule has 1 aromatic heterocycles. The Morgan fingerprint density at radius 1 is 1.05 bits per heavy atom. The molecule has 2 rings (SSSR count). The van der Waals surface area contributed by atoms with Gasteiger partial charge in [-0.25, -0.2) is 8.78 Å². The first-order valence-corrected chi connectivity index (χ1v) is 5.45. The zero-order chi connectivity index (χ0) is 14.9. The molecule has 0 amide bonds. The van der Waals surface area contributed by atoms with Gasteiger partial charge in [0.25, 0.3) is 0 Å². The number of hydrogen-bond acceptors (Lipinski definition) is 2. The maximum Gasteiger partial charge on any atom is 0.419 e. The largest absolute Gasteiger partial charge is 0.419 e. The molecule has 2 aromatic rings. The molecule has 0 bridgehead atoms. The second kappa shape index (κ2) is 5.16. The van der Waals surface area contributed by atoms with Crippen LogP contribution in [-0.2, 0) is 6.18 Å². The SMILES string of the molecule is OC(c1ccc(F)c(C(F)(F)F)c1)c1ccncc1F. The third-order valence-corrected chi connectivity index (χ3v) is 2.71. The van der Waals surface area contributed by atoms with Crippen LogP contribution in [0.2, 0.25) is 0 Å². The van der Waals surface area contributed by atoms with Crippen LogP contribution in [0.3, 0.4) is 0 Å². The highest BCUT2D eigenvalue weighted by molar-refractivity contribution is 5.34. The van der Waals surface area contributed by atoms with Crippen LogP contribution in [-0.4, -0.2) is 10.1 Å². The van der Waals surface area contributed by atoms with E-state index in [0.717, 1.165) is 18.3 Å². The van der Waals surface area contributed by atoms with Gasteiger partial charge in [-0.3, -0.25) is 4.98 Å². The molecular weight excluding hydrogens is 281 g/mol. The molecule has 1 aromatic carbocycles. The summed E-state index contributed by atoms with van der Waals surface area (Å²) in [5.74, 6) is -2.32. The lowest BCUT2D eigenvalue weighted by molar-refractivity contribution is -0.140. The number of pyridine rings is 1. The van der Waals surface area contributed by atoms with Crippen LogP contribution in [0.4, 0.5) is 22.0 Å². The Morgan fingerprint density at radius 2 is 1.75 bits per heavy atom. The van der Waals surface area contributed by atoms with Gasteiger partial charge in [-0.05, 0) is 23.8 Å². The van der Waals surface area contributed by atoms with Gasteiger partial charge < -0.3 is 5.11 Å². The zero-order valence-corrected chi connectivity index (χ0v) is 9.83. The van der Waals surface area contributed by atoms with E-state index in [4.69, 9.17) is 0 Å². The Hall–Kier alpha value is -2.02. The van der Waals surface area contributed by atoms with Gasteiger partial charge in [-0.15, -0.1) is 0 Å². The molecule has 1 unspecified atom stereocenters. The Morgan fingerprint density at radius 3 is 2.35 bits per heavy atom. The maximum absolute atomic E-state index is 13.4. The van der Waals surface area contributed by atoms with Crippen molar-refractivity contribution in [3.63, 3.8) is 0 Å². The number of alkyl halides is 3. The van der Waals surface area contributed by atoms with Gasteiger partial charge in [0.1, 0.15) is 17.7 Å². The fourth-order valence-electron chi connectivity index (χ4n) is 1.72. The predicted molar refractivity (Wildman–Crippen MR) is 59.7 cm³/mol. The third-order valence-electron chi connectivity index (χ3n) is 2.71. The molecule has 0 aliphatic heterocycles. The van der Waals surface area contributed by atoms with E-state index in [-0.39, 0.29) is 11.1 Å². The minimum absolute atomic E-state index is 0.236. The molecule has 0 aliphatic carbocycles. The van der Waals surface area contributed by atoms with Gasteiger partial charge in [0.15, 0.2) is 0 Å². The van der Waals surface area contributed by atoms with E-state index in [0.29, 0.717) is 12.1 Å². The first kappa shape index (κ1) is 14.4.